The van der Waals surface area contributed by atoms with E-state index in [9.17, 15) is 4.79 Å². The number of pyridine rings is 1. The predicted octanol–water partition coefficient (Wildman–Crippen LogP) is 1.48. The molecule has 0 saturated carbocycles. The summed E-state index contributed by atoms with van der Waals surface area (Å²) in [5.41, 5.74) is 1.30. The minimum absolute atomic E-state index is 0.168. The fraction of sp³-hybridized carbons (Fsp3) is 0.714. The van der Waals surface area contributed by atoms with E-state index in [1.165, 1.54) is 18.4 Å². The summed E-state index contributed by atoms with van der Waals surface area (Å²) in [5.74, 6) is 0.423. The fourth-order valence-corrected chi connectivity index (χ4v) is 4.37. The molecule has 0 unspecified atom stereocenters. The Morgan fingerprint density at radius 3 is 2.81 bits per heavy atom. The summed E-state index contributed by atoms with van der Waals surface area (Å²) in [5, 5.41) is 6.25. The van der Waals surface area contributed by atoms with Crippen LogP contribution in [0.4, 0.5) is 0 Å². The van der Waals surface area contributed by atoms with Gasteiger partial charge in [-0.3, -0.25) is 19.6 Å². The van der Waals surface area contributed by atoms with Crippen LogP contribution in [0.3, 0.4) is 0 Å². The highest BCUT2D eigenvalue weighted by molar-refractivity contribution is 5.78. The predicted molar refractivity (Wildman–Crippen MR) is 108 cm³/mol. The van der Waals surface area contributed by atoms with Crippen LogP contribution in [0.1, 0.15) is 37.7 Å². The maximum atomic E-state index is 12.5. The van der Waals surface area contributed by atoms with Gasteiger partial charge in [-0.25, -0.2) is 0 Å². The highest BCUT2D eigenvalue weighted by atomic mass is 16.1. The minimum atomic E-state index is 0.168. The lowest BCUT2D eigenvalue weighted by molar-refractivity contribution is -0.127. The topological polar surface area (TPSA) is 60.5 Å². The van der Waals surface area contributed by atoms with Crippen LogP contribution in [-0.4, -0.2) is 73.0 Å². The van der Waals surface area contributed by atoms with E-state index in [4.69, 9.17) is 0 Å². The number of likely N-dealkylation sites (tertiary alicyclic amines) is 2. The van der Waals surface area contributed by atoms with Crippen molar-refractivity contribution in [3.05, 3.63) is 30.1 Å². The van der Waals surface area contributed by atoms with Gasteiger partial charge in [-0.15, -0.1) is 0 Å². The van der Waals surface area contributed by atoms with Gasteiger partial charge < -0.3 is 10.6 Å². The first-order valence-corrected chi connectivity index (χ1v) is 10.5. The van der Waals surface area contributed by atoms with Crippen molar-refractivity contribution in [3.63, 3.8) is 0 Å². The van der Waals surface area contributed by atoms with Crippen molar-refractivity contribution in [2.45, 2.75) is 44.7 Å². The molecule has 27 heavy (non-hydrogen) atoms. The molecule has 2 aliphatic heterocycles. The lowest BCUT2D eigenvalue weighted by Crippen LogP contribution is -2.50. The number of carbonyl (C=O) groups is 1. The van der Waals surface area contributed by atoms with Crippen molar-refractivity contribution < 1.29 is 4.79 Å². The first-order chi connectivity index (χ1) is 13.3. The van der Waals surface area contributed by atoms with E-state index in [2.05, 4.69) is 31.5 Å². The molecule has 1 aromatic rings. The van der Waals surface area contributed by atoms with Crippen LogP contribution in [0.15, 0.2) is 24.5 Å². The van der Waals surface area contributed by atoms with Gasteiger partial charge in [0.05, 0.1) is 5.92 Å². The number of nitrogens with one attached hydrogen (secondary N) is 2. The molecule has 2 fully saturated rings. The molecular formula is C21H35N5O. The van der Waals surface area contributed by atoms with Crippen molar-refractivity contribution in [2.24, 2.45) is 5.92 Å². The molecule has 1 atom stereocenters. The molecule has 2 saturated heterocycles. The van der Waals surface area contributed by atoms with E-state index in [1.807, 2.05) is 25.5 Å². The van der Waals surface area contributed by atoms with Gasteiger partial charge in [-0.2, -0.15) is 0 Å². The number of carbonyl (C=O) groups excluding carboxylic acids is 1. The Labute approximate surface area is 163 Å². The third-order valence-corrected chi connectivity index (χ3v) is 5.93. The minimum Gasteiger partial charge on any atom is -0.356 e. The van der Waals surface area contributed by atoms with E-state index >= 15 is 0 Å². The van der Waals surface area contributed by atoms with E-state index in [0.717, 1.165) is 65.1 Å². The zero-order valence-electron chi connectivity index (χ0n) is 16.7. The Balaban J connectivity index is 1.40. The van der Waals surface area contributed by atoms with Gasteiger partial charge in [0.2, 0.25) is 5.91 Å². The van der Waals surface area contributed by atoms with Gasteiger partial charge in [0, 0.05) is 38.1 Å². The second kappa shape index (κ2) is 10.7. The highest BCUT2D eigenvalue weighted by Crippen LogP contribution is 2.24. The van der Waals surface area contributed by atoms with Crippen LogP contribution in [0.2, 0.25) is 0 Å². The molecule has 150 valence electrons. The molecule has 1 aromatic heterocycles. The molecule has 1 amide bonds. The van der Waals surface area contributed by atoms with E-state index in [-0.39, 0.29) is 11.8 Å². The van der Waals surface area contributed by atoms with Crippen molar-refractivity contribution in [1.82, 2.24) is 25.4 Å². The maximum Gasteiger partial charge on any atom is 0.224 e. The summed E-state index contributed by atoms with van der Waals surface area (Å²) in [4.78, 5) is 21.8. The van der Waals surface area contributed by atoms with Gasteiger partial charge in [0.25, 0.3) is 0 Å². The smallest absolute Gasteiger partial charge is 0.224 e. The van der Waals surface area contributed by atoms with Gasteiger partial charge in [0.15, 0.2) is 0 Å². The lowest BCUT2D eigenvalue weighted by Gasteiger charge is -2.42. The number of hydrogen-bond acceptors (Lipinski definition) is 5. The first-order valence-electron chi connectivity index (χ1n) is 10.5. The number of aromatic nitrogens is 1. The molecule has 2 N–H and O–H groups in total. The maximum absolute atomic E-state index is 12.5. The van der Waals surface area contributed by atoms with Crippen LogP contribution >= 0.6 is 0 Å². The number of nitrogens with zero attached hydrogens (tertiary/aromatic N) is 3. The van der Waals surface area contributed by atoms with Crippen LogP contribution < -0.4 is 10.6 Å². The monoisotopic (exact) mass is 373 g/mol. The quantitative estimate of drug-likeness (QED) is 0.676. The average molecular weight is 374 g/mol. The second-order valence-corrected chi connectivity index (χ2v) is 7.95. The Bertz CT molecular complexity index is 559. The van der Waals surface area contributed by atoms with Crippen molar-refractivity contribution in [1.29, 1.82) is 0 Å². The summed E-state index contributed by atoms with van der Waals surface area (Å²) < 4.78 is 0. The lowest BCUT2D eigenvalue weighted by atomic mass is 9.93. The Kier molecular flexibility index (Phi) is 8.05. The molecule has 3 heterocycles. The summed E-state index contributed by atoms with van der Waals surface area (Å²) >= 11 is 0. The molecule has 3 rings (SSSR count). The molecule has 0 aromatic carbocycles. The standard InChI is InChI=1S/C21H35N5O/c1-22-9-4-11-24-21(27)19-6-3-12-26(17-19)20-7-13-25(14-8-20)16-18-5-2-10-23-15-18/h2,5,10,15,19-20,22H,3-4,6-9,11-14,16-17H2,1H3,(H,24,27)/t19-/m1/s1. The normalized spacial score (nSPS) is 22.6. The molecule has 0 bridgehead atoms. The van der Waals surface area contributed by atoms with Crippen LogP contribution in [-0.2, 0) is 11.3 Å². The zero-order chi connectivity index (χ0) is 18.9. The van der Waals surface area contributed by atoms with Crippen LogP contribution in [0.5, 0.6) is 0 Å². The average Bonchev–Trinajstić information content (AvgIpc) is 2.72. The second-order valence-electron chi connectivity index (χ2n) is 7.95. The molecule has 6 nitrogen and oxygen atoms in total. The Hall–Kier alpha value is -1.50. The number of rotatable bonds is 8. The first kappa shape index (κ1) is 20.2. The number of hydrogen-bond donors (Lipinski definition) is 2. The number of amides is 1. The Morgan fingerprint density at radius 1 is 1.22 bits per heavy atom. The van der Waals surface area contributed by atoms with Crippen LogP contribution in [0.25, 0.3) is 0 Å². The largest absolute Gasteiger partial charge is 0.356 e. The van der Waals surface area contributed by atoms with Gasteiger partial charge >= 0.3 is 0 Å². The summed E-state index contributed by atoms with van der Waals surface area (Å²) in [6.45, 7) is 7.09. The van der Waals surface area contributed by atoms with Gasteiger partial charge in [-0.05, 0) is 77.0 Å². The summed E-state index contributed by atoms with van der Waals surface area (Å²) in [6, 6.07) is 4.80. The van der Waals surface area contributed by atoms with E-state index in [1.54, 1.807) is 0 Å². The van der Waals surface area contributed by atoms with Crippen LogP contribution in [0, 0.1) is 5.92 Å². The van der Waals surface area contributed by atoms with Crippen molar-refractivity contribution >= 4 is 5.91 Å². The third kappa shape index (κ3) is 6.26. The molecule has 2 aliphatic rings. The molecule has 0 radical (unpaired) electrons. The third-order valence-electron chi connectivity index (χ3n) is 5.93. The molecular weight excluding hydrogens is 338 g/mol. The summed E-state index contributed by atoms with van der Waals surface area (Å²) in [6.07, 6.45) is 9.39. The molecule has 0 aliphatic carbocycles. The van der Waals surface area contributed by atoms with E-state index < -0.39 is 0 Å². The molecule has 6 heteroatoms. The fourth-order valence-electron chi connectivity index (χ4n) is 4.37. The van der Waals surface area contributed by atoms with E-state index in [0.29, 0.717) is 6.04 Å². The van der Waals surface area contributed by atoms with Crippen molar-refractivity contribution in [2.75, 3.05) is 46.3 Å². The zero-order valence-corrected chi connectivity index (χ0v) is 16.7. The SMILES string of the molecule is CNCCCNC(=O)[C@@H]1CCCN(C2CCN(Cc3cccnc3)CC2)C1. The Morgan fingerprint density at radius 2 is 2.07 bits per heavy atom. The summed E-state index contributed by atoms with van der Waals surface area (Å²) in [7, 11) is 1.95. The highest BCUT2D eigenvalue weighted by Gasteiger charge is 2.31. The van der Waals surface area contributed by atoms with Crippen molar-refractivity contribution in [3.8, 4) is 0 Å². The van der Waals surface area contributed by atoms with Gasteiger partial charge in [-0.1, -0.05) is 6.07 Å². The number of piperidine rings is 2. The molecule has 0 spiro atoms. The van der Waals surface area contributed by atoms with Gasteiger partial charge in [0.1, 0.15) is 0 Å².